The van der Waals surface area contributed by atoms with Crippen LogP contribution < -0.4 is 25.8 Å². The van der Waals surface area contributed by atoms with Crippen LogP contribution in [0, 0.1) is 5.92 Å². The molecule has 1 rings (SSSR count). The molecule has 0 spiro atoms. The van der Waals surface area contributed by atoms with Crippen LogP contribution in [0.3, 0.4) is 0 Å². The number of hydrogen-bond donors (Lipinski definition) is 3. The fourth-order valence-electron chi connectivity index (χ4n) is 1.71. The topological polar surface area (TPSA) is 103 Å². The Labute approximate surface area is 150 Å². The maximum atomic E-state index is 12.4. The van der Waals surface area contributed by atoms with E-state index in [4.69, 9.17) is 10.5 Å². The van der Waals surface area contributed by atoms with Crippen molar-refractivity contribution < 1.29 is 27.8 Å². The Kier molecular flexibility index (Phi) is 9.77. The highest BCUT2D eigenvalue weighted by molar-refractivity contribution is 5.96. The molecule has 0 aliphatic rings. The number of hydrogen-bond acceptors (Lipinski definition) is 5. The van der Waals surface area contributed by atoms with Crippen LogP contribution >= 0.6 is 12.4 Å². The first-order valence-corrected chi connectivity index (χ1v) is 7.20. The van der Waals surface area contributed by atoms with Gasteiger partial charge in [0, 0.05) is 6.07 Å². The number of rotatable bonds is 8. The Morgan fingerprint density at radius 1 is 1.28 bits per heavy atom. The molecule has 0 aliphatic heterocycles. The molecule has 0 bridgehead atoms. The number of carbonyl (C=O) groups is 2. The van der Waals surface area contributed by atoms with E-state index in [1.54, 1.807) is 13.8 Å². The highest BCUT2D eigenvalue weighted by atomic mass is 35.5. The van der Waals surface area contributed by atoms with Crippen molar-refractivity contribution in [2.24, 2.45) is 11.7 Å². The van der Waals surface area contributed by atoms with Gasteiger partial charge in [-0.05, 0) is 18.1 Å². The standard InChI is InChI=1S/C15H21F2N3O4.ClH/c1-8(2)13(18)14(22)19-7-12(21)20-10-6-9(23-3)4-5-11(10)24-15(16)17;/h4-6,8,13,15H,7,18H2,1-3H3,(H,19,22)(H,20,21);1H/t13-;/m0./s1. The highest BCUT2D eigenvalue weighted by Gasteiger charge is 2.18. The van der Waals surface area contributed by atoms with Crippen molar-refractivity contribution in [1.29, 1.82) is 0 Å². The van der Waals surface area contributed by atoms with Crippen LogP contribution in [-0.4, -0.2) is 38.1 Å². The van der Waals surface area contributed by atoms with Crippen LogP contribution in [0.2, 0.25) is 0 Å². The summed E-state index contributed by atoms with van der Waals surface area (Å²) in [5.74, 6) is -1.05. The molecule has 1 aromatic carbocycles. The third-order valence-corrected chi connectivity index (χ3v) is 3.12. The maximum Gasteiger partial charge on any atom is 0.387 e. The molecule has 0 fully saturated rings. The Bertz CT molecular complexity index is 588. The van der Waals surface area contributed by atoms with Crippen molar-refractivity contribution >= 4 is 29.9 Å². The molecule has 7 nitrogen and oxygen atoms in total. The number of nitrogens with two attached hydrogens (primary N) is 1. The van der Waals surface area contributed by atoms with Crippen LogP contribution in [0.15, 0.2) is 18.2 Å². The van der Waals surface area contributed by atoms with Gasteiger partial charge in [0.15, 0.2) is 0 Å². The Morgan fingerprint density at radius 2 is 1.92 bits per heavy atom. The zero-order chi connectivity index (χ0) is 18.3. The van der Waals surface area contributed by atoms with Gasteiger partial charge in [-0.25, -0.2) is 0 Å². The summed E-state index contributed by atoms with van der Waals surface area (Å²) in [6, 6.07) is 3.24. The lowest BCUT2D eigenvalue weighted by Gasteiger charge is -2.16. The van der Waals surface area contributed by atoms with Crippen LogP contribution in [0.25, 0.3) is 0 Å². The number of ether oxygens (including phenoxy) is 2. The van der Waals surface area contributed by atoms with E-state index in [2.05, 4.69) is 15.4 Å². The van der Waals surface area contributed by atoms with Gasteiger partial charge >= 0.3 is 6.61 Å². The van der Waals surface area contributed by atoms with Gasteiger partial charge in [0.1, 0.15) is 11.5 Å². The normalized spacial score (nSPS) is 11.5. The van der Waals surface area contributed by atoms with Crippen molar-refractivity contribution in [2.75, 3.05) is 19.0 Å². The molecule has 1 aromatic rings. The second-order valence-electron chi connectivity index (χ2n) is 5.28. The average Bonchev–Trinajstić information content (AvgIpc) is 2.52. The fraction of sp³-hybridized carbons (Fsp3) is 0.467. The number of halogens is 3. The summed E-state index contributed by atoms with van der Waals surface area (Å²) in [4.78, 5) is 23.6. The lowest BCUT2D eigenvalue weighted by Crippen LogP contribution is -2.46. The van der Waals surface area contributed by atoms with Gasteiger partial charge in [-0.15, -0.1) is 12.4 Å². The van der Waals surface area contributed by atoms with Crippen molar-refractivity contribution in [3.8, 4) is 11.5 Å². The van der Waals surface area contributed by atoms with Gasteiger partial charge in [-0.3, -0.25) is 9.59 Å². The molecular formula is C15H22ClF2N3O4. The predicted octanol–water partition coefficient (Wildman–Crippen LogP) is 1.76. The second-order valence-corrected chi connectivity index (χ2v) is 5.28. The first kappa shape index (κ1) is 22.9. The second kappa shape index (κ2) is 10.7. The summed E-state index contributed by atoms with van der Waals surface area (Å²) in [6.07, 6.45) is 0. The number of alkyl halides is 2. The maximum absolute atomic E-state index is 12.4. The van der Waals surface area contributed by atoms with E-state index in [-0.39, 0.29) is 36.3 Å². The van der Waals surface area contributed by atoms with Crippen LogP contribution in [0.4, 0.5) is 14.5 Å². The summed E-state index contributed by atoms with van der Waals surface area (Å²) in [5.41, 5.74) is 5.65. The van der Waals surface area contributed by atoms with E-state index >= 15 is 0 Å². The minimum absolute atomic E-state index is 0. The van der Waals surface area contributed by atoms with Crippen molar-refractivity contribution in [3.05, 3.63) is 18.2 Å². The number of carbonyl (C=O) groups excluding carboxylic acids is 2. The van der Waals surface area contributed by atoms with E-state index in [1.807, 2.05) is 0 Å². The summed E-state index contributed by atoms with van der Waals surface area (Å²) in [5, 5.41) is 4.76. The molecule has 0 heterocycles. The van der Waals surface area contributed by atoms with Crippen molar-refractivity contribution in [3.63, 3.8) is 0 Å². The van der Waals surface area contributed by atoms with Gasteiger partial charge in [-0.2, -0.15) is 8.78 Å². The number of benzene rings is 1. The number of anilines is 1. The molecular weight excluding hydrogens is 360 g/mol. The average molecular weight is 382 g/mol. The highest BCUT2D eigenvalue weighted by Crippen LogP contribution is 2.30. The molecule has 0 unspecified atom stereocenters. The molecule has 2 amide bonds. The molecule has 0 aromatic heterocycles. The minimum atomic E-state index is -3.04. The summed E-state index contributed by atoms with van der Waals surface area (Å²) in [6.45, 7) is 0.144. The number of amides is 2. The lowest BCUT2D eigenvalue weighted by atomic mass is 10.1. The van der Waals surface area contributed by atoms with Gasteiger partial charge in [0.2, 0.25) is 11.8 Å². The quantitative estimate of drug-likeness (QED) is 0.636. The number of methoxy groups -OCH3 is 1. The van der Waals surface area contributed by atoms with Crippen LogP contribution in [0.5, 0.6) is 11.5 Å². The molecule has 25 heavy (non-hydrogen) atoms. The van der Waals surface area contributed by atoms with Crippen LogP contribution in [-0.2, 0) is 9.59 Å². The van der Waals surface area contributed by atoms with Crippen LogP contribution in [0.1, 0.15) is 13.8 Å². The predicted molar refractivity (Wildman–Crippen MR) is 91.3 cm³/mol. The molecule has 0 radical (unpaired) electrons. The van der Waals surface area contributed by atoms with E-state index in [0.29, 0.717) is 5.75 Å². The molecule has 4 N–H and O–H groups in total. The third-order valence-electron chi connectivity index (χ3n) is 3.12. The Hall–Kier alpha value is -2.13. The zero-order valence-electron chi connectivity index (χ0n) is 14.0. The zero-order valence-corrected chi connectivity index (χ0v) is 14.9. The minimum Gasteiger partial charge on any atom is -0.497 e. The Morgan fingerprint density at radius 3 is 2.44 bits per heavy atom. The summed E-state index contributed by atoms with van der Waals surface area (Å²) >= 11 is 0. The van der Waals surface area contributed by atoms with Crippen molar-refractivity contribution in [1.82, 2.24) is 5.32 Å². The number of nitrogens with one attached hydrogen (secondary N) is 2. The SMILES string of the molecule is COc1ccc(OC(F)F)c(NC(=O)CNC(=O)[C@@H](N)C(C)C)c1.Cl. The van der Waals surface area contributed by atoms with E-state index in [0.717, 1.165) is 0 Å². The molecule has 0 saturated heterocycles. The lowest BCUT2D eigenvalue weighted by molar-refractivity contribution is -0.125. The van der Waals surface area contributed by atoms with Gasteiger partial charge in [0.25, 0.3) is 0 Å². The van der Waals surface area contributed by atoms with Gasteiger partial charge in [-0.1, -0.05) is 13.8 Å². The van der Waals surface area contributed by atoms with E-state index in [1.165, 1.54) is 25.3 Å². The largest absolute Gasteiger partial charge is 0.497 e. The molecule has 1 atom stereocenters. The fourth-order valence-corrected chi connectivity index (χ4v) is 1.71. The summed E-state index contributed by atoms with van der Waals surface area (Å²) in [7, 11) is 1.39. The monoisotopic (exact) mass is 381 g/mol. The molecule has 0 saturated carbocycles. The molecule has 0 aliphatic carbocycles. The van der Waals surface area contributed by atoms with Gasteiger partial charge < -0.3 is 25.8 Å². The Balaban J connectivity index is 0.00000576. The first-order chi connectivity index (χ1) is 11.2. The first-order valence-electron chi connectivity index (χ1n) is 7.20. The van der Waals surface area contributed by atoms with E-state index in [9.17, 15) is 18.4 Å². The smallest absolute Gasteiger partial charge is 0.387 e. The summed E-state index contributed by atoms with van der Waals surface area (Å²) < 4.78 is 34.1. The van der Waals surface area contributed by atoms with Crippen molar-refractivity contribution in [2.45, 2.75) is 26.5 Å². The third kappa shape index (κ3) is 7.53. The van der Waals surface area contributed by atoms with Gasteiger partial charge in [0.05, 0.1) is 25.4 Å². The molecule has 10 heteroatoms. The van der Waals surface area contributed by atoms with E-state index < -0.39 is 24.5 Å². The molecule has 142 valence electrons.